The van der Waals surface area contributed by atoms with Gasteiger partial charge in [-0.3, -0.25) is 0 Å². The van der Waals surface area contributed by atoms with Gasteiger partial charge in [-0.25, -0.2) is 19.7 Å². The van der Waals surface area contributed by atoms with Crippen molar-refractivity contribution in [2.45, 2.75) is 51.1 Å². The summed E-state index contributed by atoms with van der Waals surface area (Å²) in [7, 11) is 0. The number of allylic oxidation sites excluding steroid dienone is 5. The van der Waals surface area contributed by atoms with Crippen molar-refractivity contribution in [3.05, 3.63) is 77.1 Å². The van der Waals surface area contributed by atoms with Crippen molar-refractivity contribution in [2.75, 3.05) is 5.32 Å². The maximum absolute atomic E-state index is 13.8. The zero-order valence-electron chi connectivity index (χ0n) is 22.0. The van der Waals surface area contributed by atoms with Crippen LogP contribution >= 0.6 is 0 Å². The fraction of sp³-hybridized carbons (Fsp3) is 0.357. The number of aliphatic hydroxyl groups excluding tert-OH is 1. The number of halogens is 6. The van der Waals surface area contributed by atoms with E-state index in [4.69, 9.17) is 0 Å². The first-order chi connectivity index (χ1) is 19.7. The van der Waals surface area contributed by atoms with E-state index in [9.17, 15) is 41.4 Å². The van der Waals surface area contributed by atoms with Crippen LogP contribution in [0.3, 0.4) is 0 Å². The molecule has 222 valence electrons. The lowest BCUT2D eigenvalue weighted by Crippen LogP contribution is -2.31. The average Bonchev–Trinajstić information content (AvgIpc) is 3.08. The summed E-state index contributed by atoms with van der Waals surface area (Å²) >= 11 is 0. The van der Waals surface area contributed by atoms with Crippen molar-refractivity contribution < 1.29 is 41.4 Å². The quantitative estimate of drug-likeness (QED) is 0.259. The summed E-state index contributed by atoms with van der Waals surface area (Å²) in [5, 5.41) is 23.6. The van der Waals surface area contributed by atoms with Gasteiger partial charge in [-0.15, -0.1) is 0 Å². The van der Waals surface area contributed by atoms with Gasteiger partial charge >= 0.3 is 18.3 Å². The molecule has 0 radical (unpaired) electrons. The molecule has 0 aliphatic heterocycles. The average molecular weight is 594 g/mol. The maximum Gasteiger partial charge on any atom is 0.416 e. The van der Waals surface area contributed by atoms with Gasteiger partial charge in [-0.05, 0) is 49.5 Å². The van der Waals surface area contributed by atoms with E-state index in [0.29, 0.717) is 5.56 Å². The summed E-state index contributed by atoms with van der Waals surface area (Å²) in [5.74, 6) is -4.60. The molecule has 0 amide bonds. The number of aromatic carboxylic acids is 1. The molecular weight excluding hydrogens is 568 g/mol. The maximum atomic E-state index is 13.8. The number of imidazole rings is 1. The molecule has 3 aromatic rings. The molecule has 0 spiro atoms. The highest BCUT2D eigenvalue weighted by atomic mass is 19.4. The highest BCUT2D eigenvalue weighted by Crippen LogP contribution is 2.38. The number of nitrogens with one attached hydrogen (secondary N) is 1. The number of nitrogens with zero attached hydrogens (tertiary/aromatic N) is 4. The van der Waals surface area contributed by atoms with Crippen molar-refractivity contribution in [3.63, 3.8) is 0 Å². The number of rotatable bonds is 7. The Hall–Kier alpha value is -4.36. The van der Waals surface area contributed by atoms with Gasteiger partial charge in [0, 0.05) is 12.6 Å². The first kappa shape index (κ1) is 29.1. The third-order valence-corrected chi connectivity index (χ3v) is 7.45. The van der Waals surface area contributed by atoms with Crippen LogP contribution in [-0.4, -0.2) is 47.9 Å². The molecule has 1 unspecified atom stereocenters. The normalized spacial score (nSPS) is 18.7. The van der Waals surface area contributed by atoms with Crippen molar-refractivity contribution >= 4 is 28.5 Å². The minimum atomic E-state index is -4.70. The predicted octanol–water partition coefficient (Wildman–Crippen LogP) is 6.77. The summed E-state index contributed by atoms with van der Waals surface area (Å²) in [6, 6.07) is 4.01. The SMILES string of the molecule is C[C@@H](Nc1nc(C(=O)O)nc2nc(C3=CC(C(F)(F)F)C=CC=C3O)n(Cc3ccc(C(F)(F)F)cc3)c12)C1CCC1. The van der Waals surface area contributed by atoms with Crippen molar-refractivity contribution in [3.8, 4) is 0 Å². The second-order valence-electron chi connectivity index (χ2n) is 10.3. The van der Waals surface area contributed by atoms with Gasteiger partial charge in [-0.1, -0.05) is 36.8 Å². The fourth-order valence-corrected chi connectivity index (χ4v) is 4.92. The van der Waals surface area contributed by atoms with Crippen LogP contribution in [-0.2, 0) is 12.7 Å². The molecule has 2 aromatic heterocycles. The Kier molecular flexibility index (Phi) is 7.50. The Morgan fingerprint density at radius 1 is 1.10 bits per heavy atom. The molecule has 1 fully saturated rings. The Labute approximate surface area is 235 Å². The molecular formula is C28H25F6N5O3. The van der Waals surface area contributed by atoms with Crippen LogP contribution in [0.15, 0.2) is 54.3 Å². The predicted molar refractivity (Wildman–Crippen MR) is 141 cm³/mol. The van der Waals surface area contributed by atoms with E-state index in [1.807, 2.05) is 6.92 Å². The fourth-order valence-electron chi connectivity index (χ4n) is 4.92. The van der Waals surface area contributed by atoms with E-state index in [0.717, 1.165) is 55.7 Å². The number of carboxylic acid groups (broad SMARTS) is 1. The van der Waals surface area contributed by atoms with E-state index in [1.165, 1.54) is 16.7 Å². The zero-order chi connectivity index (χ0) is 30.4. The number of carbonyl (C=O) groups is 1. The number of aromatic nitrogens is 4. The summed E-state index contributed by atoms with van der Waals surface area (Å²) in [5.41, 5.74) is -0.939. The second-order valence-corrected chi connectivity index (χ2v) is 10.3. The molecule has 2 aliphatic carbocycles. The molecule has 1 saturated carbocycles. The molecule has 2 atom stereocenters. The molecule has 0 bridgehead atoms. The number of hydrogen-bond donors (Lipinski definition) is 3. The first-order valence-corrected chi connectivity index (χ1v) is 13.0. The number of benzene rings is 1. The number of fused-ring (bicyclic) bond motifs is 1. The number of aliphatic hydroxyl groups is 1. The largest absolute Gasteiger partial charge is 0.507 e. The molecule has 2 aliphatic rings. The van der Waals surface area contributed by atoms with E-state index in [2.05, 4.69) is 20.3 Å². The summed E-state index contributed by atoms with van der Waals surface area (Å²) < 4.78 is 82.2. The van der Waals surface area contributed by atoms with E-state index < -0.39 is 41.4 Å². The molecule has 1 aromatic carbocycles. The highest BCUT2D eigenvalue weighted by molar-refractivity contribution is 5.92. The Morgan fingerprint density at radius 3 is 2.36 bits per heavy atom. The van der Waals surface area contributed by atoms with Crippen molar-refractivity contribution in [1.82, 2.24) is 19.5 Å². The number of anilines is 1. The molecule has 3 N–H and O–H groups in total. The van der Waals surface area contributed by atoms with Crippen LogP contribution < -0.4 is 5.32 Å². The van der Waals surface area contributed by atoms with Gasteiger partial charge in [0.15, 0.2) is 11.5 Å². The van der Waals surface area contributed by atoms with Crippen molar-refractivity contribution in [2.24, 2.45) is 11.8 Å². The van der Waals surface area contributed by atoms with Crippen LogP contribution in [0, 0.1) is 11.8 Å². The Balaban J connectivity index is 1.73. The van der Waals surface area contributed by atoms with E-state index >= 15 is 0 Å². The van der Waals surface area contributed by atoms with Gasteiger partial charge in [0.25, 0.3) is 0 Å². The van der Waals surface area contributed by atoms with Crippen molar-refractivity contribution in [1.29, 1.82) is 0 Å². The van der Waals surface area contributed by atoms with Gasteiger partial charge in [-0.2, -0.15) is 26.3 Å². The van der Waals surface area contributed by atoms with Crippen LogP contribution in [0.2, 0.25) is 0 Å². The first-order valence-electron chi connectivity index (χ1n) is 13.0. The Morgan fingerprint density at radius 2 is 1.79 bits per heavy atom. The minimum absolute atomic E-state index is 0.0469. The molecule has 2 heterocycles. The van der Waals surface area contributed by atoms with Crippen LogP contribution in [0.5, 0.6) is 0 Å². The molecule has 0 saturated heterocycles. The lowest BCUT2D eigenvalue weighted by Gasteiger charge is -2.32. The molecule has 5 rings (SSSR count). The second kappa shape index (κ2) is 10.8. The minimum Gasteiger partial charge on any atom is -0.507 e. The van der Waals surface area contributed by atoms with Crippen LogP contribution in [0.1, 0.15) is 53.8 Å². The lowest BCUT2D eigenvalue weighted by molar-refractivity contribution is -0.148. The lowest BCUT2D eigenvalue weighted by atomic mass is 9.80. The molecule has 42 heavy (non-hydrogen) atoms. The summed E-state index contributed by atoms with van der Waals surface area (Å²) in [6.45, 7) is 1.68. The third-order valence-electron chi connectivity index (χ3n) is 7.45. The standard InChI is InChI=1S/C28H25F6N5O3/c1-14(16-4-2-5-16)35-22-21-23(37-24(36-22)26(41)42)38-25(19-12-18(28(32,33)34)6-3-7-20(19)40)39(21)13-15-8-10-17(11-9-15)27(29,30)31/h3,6-12,14,16,18,40H,2,4-5,13H2,1H3,(H,41,42)(H,35,36,37)/t14-,18?/m1/s1. The zero-order valence-corrected chi connectivity index (χ0v) is 22.0. The summed E-state index contributed by atoms with van der Waals surface area (Å²) in [6.07, 6.45) is -2.66. The number of hydrogen-bond acceptors (Lipinski definition) is 6. The van der Waals surface area contributed by atoms with Crippen LogP contribution in [0.25, 0.3) is 16.7 Å². The topological polar surface area (TPSA) is 113 Å². The summed E-state index contributed by atoms with van der Waals surface area (Å²) in [4.78, 5) is 24.4. The van der Waals surface area contributed by atoms with E-state index in [-0.39, 0.29) is 46.9 Å². The number of alkyl halides is 6. The van der Waals surface area contributed by atoms with E-state index in [1.54, 1.807) is 0 Å². The number of carboxylic acids is 1. The van der Waals surface area contributed by atoms with Gasteiger partial charge in [0.1, 0.15) is 17.1 Å². The third kappa shape index (κ3) is 5.83. The molecule has 8 nitrogen and oxygen atoms in total. The van der Waals surface area contributed by atoms with Gasteiger partial charge < -0.3 is 20.1 Å². The van der Waals surface area contributed by atoms with Gasteiger partial charge in [0.05, 0.1) is 17.1 Å². The van der Waals surface area contributed by atoms with Gasteiger partial charge in [0.2, 0.25) is 5.82 Å². The smallest absolute Gasteiger partial charge is 0.416 e. The van der Waals surface area contributed by atoms with Crippen LogP contribution in [0.4, 0.5) is 32.2 Å². The highest BCUT2D eigenvalue weighted by Gasteiger charge is 2.38. The monoisotopic (exact) mass is 593 g/mol. The Bertz CT molecular complexity index is 1600. The molecule has 14 heteroatoms.